The second-order valence-corrected chi connectivity index (χ2v) is 7.01. The number of carbonyl (C=O) groups excluding carboxylic acids is 2. The summed E-state index contributed by atoms with van der Waals surface area (Å²) in [6.07, 6.45) is 8.67. The first-order chi connectivity index (χ1) is 11.7. The van der Waals surface area contributed by atoms with Crippen LogP contribution in [0.3, 0.4) is 0 Å². The summed E-state index contributed by atoms with van der Waals surface area (Å²) in [6, 6.07) is 7.89. The third kappa shape index (κ3) is 3.63. The number of rotatable bonds is 4. The number of carbonyl (C=O) groups is 2. The van der Waals surface area contributed by atoms with Crippen LogP contribution in [-0.2, 0) is 16.0 Å². The standard InChI is InChI=1S/C20H28N2O2/c1-2-17(20(24)21-16-11-4-3-5-12-16)22-18-13-7-6-9-15(18)10-8-14-19(22)23/h6-7,9,13,16-17H,2-5,8,10-12,14H2,1H3,(H,21,24)/t17-/m1/s1. The molecule has 2 amide bonds. The molecular weight excluding hydrogens is 300 g/mol. The lowest BCUT2D eigenvalue weighted by molar-refractivity contribution is -0.127. The summed E-state index contributed by atoms with van der Waals surface area (Å²) in [6.45, 7) is 1.99. The highest BCUT2D eigenvalue weighted by Crippen LogP contribution is 2.29. The molecule has 24 heavy (non-hydrogen) atoms. The number of fused-ring (bicyclic) bond motifs is 1. The van der Waals surface area contributed by atoms with Crippen molar-refractivity contribution in [2.75, 3.05) is 4.90 Å². The maximum Gasteiger partial charge on any atom is 0.243 e. The van der Waals surface area contributed by atoms with Gasteiger partial charge in [-0.3, -0.25) is 14.5 Å². The predicted octanol–water partition coefficient (Wildman–Crippen LogP) is 3.58. The van der Waals surface area contributed by atoms with Gasteiger partial charge >= 0.3 is 0 Å². The van der Waals surface area contributed by atoms with Gasteiger partial charge in [-0.1, -0.05) is 44.4 Å². The van der Waals surface area contributed by atoms with E-state index >= 15 is 0 Å². The van der Waals surface area contributed by atoms with Crippen molar-refractivity contribution in [2.24, 2.45) is 0 Å². The molecule has 0 saturated heterocycles. The fraction of sp³-hybridized carbons (Fsp3) is 0.600. The summed E-state index contributed by atoms with van der Waals surface area (Å²) in [4.78, 5) is 27.4. The van der Waals surface area contributed by atoms with Crippen LogP contribution in [0.4, 0.5) is 5.69 Å². The molecule has 4 heteroatoms. The molecule has 3 rings (SSSR count). The van der Waals surface area contributed by atoms with Crippen molar-refractivity contribution >= 4 is 17.5 Å². The Kier molecular flexibility index (Phi) is 5.54. The zero-order valence-electron chi connectivity index (χ0n) is 14.6. The summed E-state index contributed by atoms with van der Waals surface area (Å²) < 4.78 is 0. The summed E-state index contributed by atoms with van der Waals surface area (Å²) in [5, 5.41) is 3.21. The molecule has 4 nitrogen and oxygen atoms in total. The highest BCUT2D eigenvalue weighted by molar-refractivity contribution is 6.01. The van der Waals surface area contributed by atoms with Crippen molar-refractivity contribution in [3.63, 3.8) is 0 Å². The van der Waals surface area contributed by atoms with Gasteiger partial charge in [0.2, 0.25) is 11.8 Å². The summed E-state index contributed by atoms with van der Waals surface area (Å²) >= 11 is 0. The van der Waals surface area contributed by atoms with E-state index in [1.165, 1.54) is 24.8 Å². The van der Waals surface area contributed by atoms with Crippen molar-refractivity contribution < 1.29 is 9.59 Å². The smallest absolute Gasteiger partial charge is 0.243 e. The van der Waals surface area contributed by atoms with E-state index in [0.29, 0.717) is 12.8 Å². The van der Waals surface area contributed by atoms with Gasteiger partial charge in [-0.15, -0.1) is 0 Å². The fourth-order valence-electron chi connectivity index (χ4n) is 4.01. The van der Waals surface area contributed by atoms with Crippen LogP contribution in [0.25, 0.3) is 0 Å². The molecule has 0 unspecified atom stereocenters. The average Bonchev–Trinajstić information content (AvgIpc) is 2.76. The third-order valence-corrected chi connectivity index (χ3v) is 5.31. The monoisotopic (exact) mass is 328 g/mol. The molecule has 1 aromatic carbocycles. The minimum atomic E-state index is -0.404. The maximum atomic E-state index is 12.9. The number of para-hydroxylation sites is 1. The Morgan fingerprint density at radius 3 is 2.67 bits per heavy atom. The number of amides is 2. The number of hydrogen-bond acceptors (Lipinski definition) is 2. The Bertz CT molecular complexity index is 593. The zero-order valence-corrected chi connectivity index (χ0v) is 14.6. The Morgan fingerprint density at radius 2 is 1.92 bits per heavy atom. The molecule has 1 heterocycles. The van der Waals surface area contributed by atoms with Crippen molar-refractivity contribution in [3.05, 3.63) is 29.8 Å². The molecule has 1 aliphatic heterocycles. The molecule has 0 bridgehead atoms. The number of nitrogens with one attached hydrogen (secondary N) is 1. The van der Waals surface area contributed by atoms with E-state index in [9.17, 15) is 9.59 Å². The van der Waals surface area contributed by atoms with Gasteiger partial charge in [0, 0.05) is 18.2 Å². The largest absolute Gasteiger partial charge is 0.352 e. The van der Waals surface area contributed by atoms with Crippen LogP contribution in [0.15, 0.2) is 24.3 Å². The van der Waals surface area contributed by atoms with Crippen LogP contribution >= 0.6 is 0 Å². The zero-order chi connectivity index (χ0) is 16.9. The quantitative estimate of drug-likeness (QED) is 0.918. The third-order valence-electron chi connectivity index (χ3n) is 5.31. The molecular formula is C20H28N2O2. The van der Waals surface area contributed by atoms with Crippen LogP contribution in [-0.4, -0.2) is 23.9 Å². The van der Waals surface area contributed by atoms with Crippen LogP contribution in [0.1, 0.15) is 63.9 Å². The minimum absolute atomic E-state index is 0.00875. The Hall–Kier alpha value is -1.84. The molecule has 0 aromatic heterocycles. The van der Waals surface area contributed by atoms with Crippen LogP contribution in [0, 0.1) is 0 Å². The molecule has 2 aliphatic rings. The van der Waals surface area contributed by atoms with Gasteiger partial charge < -0.3 is 5.32 Å². The van der Waals surface area contributed by atoms with E-state index in [1.54, 1.807) is 4.90 Å². The maximum absolute atomic E-state index is 12.9. The van der Waals surface area contributed by atoms with E-state index < -0.39 is 6.04 Å². The first-order valence-electron chi connectivity index (χ1n) is 9.41. The molecule has 1 atom stereocenters. The van der Waals surface area contributed by atoms with E-state index in [0.717, 1.165) is 31.4 Å². The first-order valence-corrected chi connectivity index (χ1v) is 9.41. The predicted molar refractivity (Wildman–Crippen MR) is 96.0 cm³/mol. The lowest BCUT2D eigenvalue weighted by Crippen LogP contribution is -2.52. The first kappa shape index (κ1) is 17.0. The molecule has 1 aromatic rings. The summed E-state index contributed by atoms with van der Waals surface area (Å²) in [7, 11) is 0. The van der Waals surface area contributed by atoms with Crippen LogP contribution < -0.4 is 10.2 Å². The Labute approximate surface area is 144 Å². The lowest BCUT2D eigenvalue weighted by atomic mass is 9.95. The van der Waals surface area contributed by atoms with Gasteiger partial charge in [-0.05, 0) is 43.7 Å². The topological polar surface area (TPSA) is 49.4 Å². The van der Waals surface area contributed by atoms with E-state index in [2.05, 4.69) is 11.4 Å². The van der Waals surface area contributed by atoms with E-state index in [4.69, 9.17) is 0 Å². The molecule has 1 fully saturated rings. The summed E-state index contributed by atoms with van der Waals surface area (Å²) in [5.41, 5.74) is 2.10. The Balaban J connectivity index is 1.82. The van der Waals surface area contributed by atoms with E-state index in [-0.39, 0.29) is 17.9 Å². The number of anilines is 1. The van der Waals surface area contributed by atoms with E-state index in [1.807, 2.05) is 25.1 Å². The average molecular weight is 328 g/mol. The van der Waals surface area contributed by atoms with Gasteiger partial charge in [-0.2, -0.15) is 0 Å². The normalized spacial score (nSPS) is 20.2. The lowest BCUT2D eigenvalue weighted by Gasteiger charge is -2.32. The molecule has 0 spiro atoms. The highest BCUT2D eigenvalue weighted by atomic mass is 16.2. The van der Waals surface area contributed by atoms with Gasteiger partial charge in [0.1, 0.15) is 6.04 Å². The number of hydrogen-bond donors (Lipinski definition) is 1. The SMILES string of the molecule is CC[C@H](C(=O)NC1CCCCC1)N1C(=O)CCCc2ccccc21. The summed E-state index contributed by atoms with van der Waals surface area (Å²) in [5.74, 6) is 0.0834. The van der Waals surface area contributed by atoms with Crippen LogP contribution in [0.5, 0.6) is 0 Å². The number of aryl methyl sites for hydroxylation is 1. The van der Waals surface area contributed by atoms with Gasteiger partial charge in [0.25, 0.3) is 0 Å². The highest BCUT2D eigenvalue weighted by Gasteiger charge is 2.33. The second-order valence-electron chi connectivity index (χ2n) is 7.01. The van der Waals surface area contributed by atoms with Gasteiger partial charge in [-0.25, -0.2) is 0 Å². The number of nitrogens with zero attached hydrogens (tertiary/aromatic N) is 1. The minimum Gasteiger partial charge on any atom is -0.352 e. The van der Waals surface area contributed by atoms with Crippen molar-refractivity contribution in [2.45, 2.75) is 76.8 Å². The van der Waals surface area contributed by atoms with Gasteiger partial charge in [0.15, 0.2) is 0 Å². The van der Waals surface area contributed by atoms with Crippen LogP contribution in [0.2, 0.25) is 0 Å². The molecule has 0 radical (unpaired) electrons. The molecule has 1 saturated carbocycles. The van der Waals surface area contributed by atoms with Crippen molar-refractivity contribution in [3.8, 4) is 0 Å². The molecule has 130 valence electrons. The fourth-order valence-corrected chi connectivity index (χ4v) is 4.01. The van der Waals surface area contributed by atoms with Gasteiger partial charge in [0.05, 0.1) is 0 Å². The Morgan fingerprint density at radius 1 is 1.17 bits per heavy atom. The molecule has 1 aliphatic carbocycles. The van der Waals surface area contributed by atoms with Crippen molar-refractivity contribution in [1.29, 1.82) is 0 Å². The number of benzene rings is 1. The second kappa shape index (κ2) is 7.82. The van der Waals surface area contributed by atoms with Crippen molar-refractivity contribution in [1.82, 2.24) is 5.32 Å². The molecule has 1 N–H and O–H groups in total.